The number of imide groups is 1. The molecular formula is C19H16Cl2N2O3. The Morgan fingerprint density at radius 1 is 1.12 bits per heavy atom. The van der Waals surface area contributed by atoms with E-state index in [0.717, 1.165) is 10.5 Å². The fourth-order valence-corrected chi connectivity index (χ4v) is 3.29. The van der Waals surface area contributed by atoms with Gasteiger partial charge in [-0.05, 0) is 35.9 Å². The molecular weight excluding hydrogens is 375 g/mol. The third-order valence-electron chi connectivity index (χ3n) is 4.29. The molecule has 3 rings (SSSR count). The Balaban J connectivity index is 1.88. The van der Waals surface area contributed by atoms with Crippen LogP contribution in [0.4, 0.5) is 5.69 Å². The summed E-state index contributed by atoms with van der Waals surface area (Å²) in [4.78, 5) is 40.0. The van der Waals surface area contributed by atoms with Crippen LogP contribution in [-0.2, 0) is 20.9 Å². The summed E-state index contributed by atoms with van der Waals surface area (Å²) < 4.78 is 0. The summed E-state index contributed by atoms with van der Waals surface area (Å²) in [5.74, 6) is -1.08. The SMILES string of the molecule is CC(=O)N(Cc1ccccc1Cl)C1CC(=O)N(c2ccc(Cl)cc2)C1=O. The lowest BCUT2D eigenvalue weighted by Gasteiger charge is -2.27. The fourth-order valence-electron chi connectivity index (χ4n) is 2.97. The first kappa shape index (κ1) is 18.4. The zero-order valence-electron chi connectivity index (χ0n) is 14.0. The van der Waals surface area contributed by atoms with E-state index in [4.69, 9.17) is 23.2 Å². The van der Waals surface area contributed by atoms with Gasteiger partial charge in [-0.25, -0.2) is 4.90 Å². The molecule has 26 heavy (non-hydrogen) atoms. The molecule has 0 aromatic heterocycles. The predicted octanol–water partition coefficient (Wildman–Crippen LogP) is 3.67. The Labute approximate surface area is 161 Å². The van der Waals surface area contributed by atoms with Crippen LogP contribution < -0.4 is 4.90 Å². The third-order valence-corrected chi connectivity index (χ3v) is 4.91. The number of anilines is 1. The van der Waals surface area contributed by atoms with E-state index >= 15 is 0 Å². The summed E-state index contributed by atoms with van der Waals surface area (Å²) in [6, 6.07) is 12.7. The van der Waals surface area contributed by atoms with Crippen molar-refractivity contribution >= 4 is 46.6 Å². The topological polar surface area (TPSA) is 57.7 Å². The summed E-state index contributed by atoms with van der Waals surface area (Å²) >= 11 is 12.0. The monoisotopic (exact) mass is 390 g/mol. The quantitative estimate of drug-likeness (QED) is 0.748. The Hall–Kier alpha value is -2.37. The van der Waals surface area contributed by atoms with Crippen LogP contribution in [0.25, 0.3) is 0 Å². The lowest BCUT2D eigenvalue weighted by Crippen LogP contribution is -2.44. The van der Waals surface area contributed by atoms with Crippen molar-refractivity contribution in [2.45, 2.75) is 25.9 Å². The van der Waals surface area contributed by atoms with E-state index in [9.17, 15) is 14.4 Å². The summed E-state index contributed by atoms with van der Waals surface area (Å²) in [6.07, 6.45) is -0.0640. The molecule has 0 aliphatic carbocycles. The molecule has 2 aromatic rings. The standard InChI is InChI=1S/C19H16Cl2N2O3/c1-12(24)22(11-13-4-2-3-5-16(13)21)17-10-18(25)23(19(17)26)15-8-6-14(20)7-9-15/h2-9,17H,10-11H2,1H3. The maximum Gasteiger partial charge on any atom is 0.257 e. The van der Waals surface area contributed by atoms with Crippen LogP contribution in [0.1, 0.15) is 18.9 Å². The van der Waals surface area contributed by atoms with Crippen molar-refractivity contribution in [3.63, 3.8) is 0 Å². The van der Waals surface area contributed by atoms with Crippen molar-refractivity contribution in [2.24, 2.45) is 0 Å². The molecule has 2 aromatic carbocycles. The van der Waals surface area contributed by atoms with E-state index in [1.807, 2.05) is 0 Å². The van der Waals surface area contributed by atoms with Crippen molar-refractivity contribution in [3.05, 3.63) is 64.1 Å². The second-order valence-corrected chi connectivity index (χ2v) is 6.85. The first-order valence-corrected chi connectivity index (χ1v) is 8.77. The average Bonchev–Trinajstić information content (AvgIpc) is 2.89. The number of carbonyl (C=O) groups excluding carboxylic acids is 3. The van der Waals surface area contributed by atoms with E-state index in [1.54, 1.807) is 48.5 Å². The summed E-state index contributed by atoms with van der Waals surface area (Å²) in [6.45, 7) is 1.53. The Morgan fingerprint density at radius 3 is 2.38 bits per heavy atom. The van der Waals surface area contributed by atoms with E-state index < -0.39 is 11.9 Å². The Kier molecular flexibility index (Phi) is 5.30. The van der Waals surface area contributed by atoms with E-state index in [-0.39, 0.29) is 24.8 Å². The van der Waals surface area contributed by atoms with Gasteiger partial charge in [0.05, 0.1) is 12.1 Å². The first-order valence-electron chi connectivity index (χ1n) is 8.01. The van der Waals surface area contributed by atoms with Gasteiger partial charge in [0.1, 0.15) is 6.04 Å². The molecule has 7 heteroatoms. The van der Waals surface area contributed by atoms with Gasteiger partial charge in [-0.2, -0.15) is 0 Å². The molecule has 1 aliphatic heterocycles. The highest BCUT2D eigenvalue weighted by Gasteiger charge is 2.43. The van der Waals surface area contributed by atoms with Crippen LogP contribution in [0, 0.1) is 0 Å². The number of benzene rings is 2. The largest absolute Gasteiger partial charge is 0.326 e. The summed E-state index contributed by atoms with van der Waals surface area (Å²) in [7, 11) is 0. The highest BCUT2D eigenvalue weighted by Crippen LogP contribution is 2.28. The molecule has 1 atom stereocenters. The zero-order chi connectivity index (χ0) is 18.8. The molecule has 0 N–H and O–H groups in total. The van der Waals surface area contributed by atoms with Gasteiger partial charge in [0, 0.05) is 23.5 Å². The number of halogens is 2. The highest BCUT2D eigenvalue weighted by atomic mass is 35.5. The van der Waals surface area contributed by atoms with Gasteiger partial charge in [-0.3, -0.25) is 14.4 Å². The molecule has 5 nitrogen and oxygen atoms in total. The maximum absolute atomic E-state index is 12.9. The van der Waals surface area contributed by atoms with Gasteiger partial charge in [0.25, 0.3) is 5.91 Å². The number of carbonyl (C=O) groups is 3. The smallest absolute Gasteiger partial charge is 0.257 e. The third kappa shape index (κ3) is 3.59. The molecule has 3 amide bonds. The van der Waals surface area contributed by atoms with Crippen LogP contribution in [0.3, 0.4) is 0 Å². The van der Waals surface area contributed by atoms with Crippen molar-refractivity contribution in [3.8, 4) is 0 Å². The number of nitrogens with zero attached hydrogens (tertiary/aromatic N) is 2. The fraction of sp³-hybridized carbons (Fsp3) is 0.211. The van der Waals surface area contributed by atoms with Crippen molar-refractivity contribution in [2.75, 3.05) is 4.90 Å². The number of hydrogen-bond acceptors (Lipinski definition) is 3. The normalized spacial score (nSPS) is 16.9. The van der Waals surface area contributed by atoms with Gasteiger partial charge >= 0.3 is 0 Å². The molecule has 1 saturated heterocycles. The average molecular weight is 391 g/mol. The van der Waals surface area contributed by atoms with Crippen LogP contribution in [0.5, 0.6) is 0 Å². The first-order chi connectivity index (χ1) is 12.4. The van der Waals surface area contributed by atoms with Gasteiger partial charge < -0.3 is 4.90 Å². The summed E-state index contributed by atoms with van der Waals surface area (Å²) in [5.41, 5.74) is 1.16. The van der Waals surface area contributed by atoms with Crippen LogP contribution in [0.15, 0.2) is 48.5 Å². The molecule has 1 heterocycles. The molecule has 0 bridgehead atoms. The molecule has 0 saturated carbocycles. The summed E-state index contributed by atoms with van der Waals surface area (Å²) in [5, 5.41) is 1.01. The minimum Gasteiger partial charge on any atom is -0.326 e. The van der Waals surface area contributed by atoms with Crippen molar-refractivity contribution in [1.82, 2.24) is 4.90 Å². The second-order valence-electron chi connectivity index (χ2n) is 6.00. The van der Waals surface area contributed by atoms with Gasteiger partial charge in [-0.15, -0.1) is 0 Å². The lowest BCUT2D eigenvalue weighted by atomic mass is 10.1. The molecule has 1 unspecified atom stereocenters. The van der Waals surface area contributed by atoms with Crippen molar-refractivity contribution < 1.29 is 14.4 Å². The van der Waals surface area contributed by atoms with Gasteiger partial charge in [-0.1, -0.05) is 41.4 Å². The minimum atomic E-state index is -0.855. The molecule has 134 valence electrons. The van der Waals surface area contributed by atoms with Crippen LogP contribution >= 0.6 is 23.2 Å². The predicted molar refractivity (Wildman–Crippen MR) is 100 cm³/mol. The molecule has 1 fully saturated rings. The molecule has 1 aliphatic rings. The van der Waals surface area contributed by atoms with Crippen LogP contribution in [0.2, 0.25) is 10.0 Å². The number of amides is 3. The zero-order valence-corrected chi connectivity index (χ0v) is 15.5. The second kappa shape index (κ2) is 7.48. The Bertz CT molecular complexity index is 867. The van der Waals surface area contributed by atoms with Gasteiger partial charge in [0.15, 0.2) is 0 Å². The highest BCUT2D eigenvalue weighted by molar-refractivity contribution is 6.31. The van der Waals surface area contributed by atoms with Crippen molar-refractivity contribution in [1.29, 1.82) is 0 Å². The molecule has 0 spiro atoms. The van der Waals surface area contributed by atoms with E-state index in [1.165, 1.54) is 11.8 Å². The lowest BCUT2D eigenvalue weighted by molar-refractivity contribution is -0.137. The Morgan fingerprint density at radius 2 is 1.77 bits per heavy atom. The van der Waals surface area contributed by atoms with Gasteiger partial charge in [0.2, 0.25) is 11.8 Å². The number of rotatable bonds is 4. The number of hydrogen-bond donors (Lipinski definition) is 0. The van der Waals surface area contributed by atoms with E-state index in [0.29, 0.717) is 15.7 Å². The van der Waals surface area contributed by atoms with E-state index in [2.05, 4.69) is 0 Å². The minimum absolute atomic E-state index is 0.0640. The van der Waals surface area contributed by atoms with Crippen LogP contribution in [-0.4, -0.2) is 28.7 Å². The maximum atomic E-state index is 12.9. The molecule has 0 radical (unpaired) electrons.